The second-order valence-electron chi connectivity index (χ2n) is 8.71. The van der Waals surface area contributed by atoms with Crippen molar-refractivity contribution in [1.82, 2.24) is 14.5 Å². The molecule has 1 aliphatic heterocycles. The minimum atomic E-state index is -0.336. The Hall–Kier alpha value is -3.86. The molecule has 1 aromatic heterocycles. The van der Waals surface area contributed by atoms with Crippen molar-refractivity contribution in [2.75, 3.05) is 19.0 Å². The van der Waals surface area contributed by atoms with Crippen LogP contribution in [-0.4, -0.2) is 40.5 Å². The summed E-state index contributed by atoms with van der Waals surface area (Å²) in [6, 6.07) is 19.2. The topological polar surface area (TPSA) is 74.4 Å². The van der Waals surface area contributed by atoms with E-state index < -0.39 is 0 Å². The zero-order valence-corrected chi connectivity index (χ0v) is 20.6. The van der Waals surface area contributed by atoms with E-state index in [1.54, 1.807) is 24.3 Å². The SMILES string of the molecule is C[C@H]1C(=O)N(C)c2cccc3ccc(cc23)Oc2cc(ccc2C#N)Cn2cncc2CN1C.Cl. The van der Waals surface area contributed by atoms with Gasteiger partial charge in [0, 0.05) is 31.7 Å². The van der Waals surface area contributed by atoms with Gasteiger partial charge in [-0.05, 0) is 55.3 Å². The first-order valence-electron chi connectivity index (χ1n) is 11.1. The second kappa shape index (κ2) is 9.79. The van der Waals surface area contributed by atoms with Gasteiger partial charge in [0.05, 0.1) is 29.3 Å². The fourth-order valence-corrected chi connectivity index (χ4v) is 4.36. The zero-order chi connectivity index (χ0) is 23.8. The number of hydrogen-bond donors (Lipinski definition) is 0. The Bertz CT molecular complexity index is 1440. The minimum Gasteiger partial charge on any atom is -0.456 e. The lowest BCUT2D eigenvalue weighted by Gasteiger charge is -2.29. The molecule has 0 saturated carbocycles. The van der Waals surface area contributed by atoms with Crippen LogP contribution in [0.4, 0.5) is 5.69 Å². The summed E-state index contributed by atoms with van der Waals surface area (Å²) in [5.41, 5.74) is 3.26. The van der Waals surface area contributed by atoms with Crippen molar-refractivity contribution in [1.29, 1.82) is 5.26 Å². The lowest BCUT2D eigenvalue weighted by atomic mass is 10.1. The van der Waals surface area contributed by atoms with Crippen LogP contribution in [-0.2, 0) is 17.9 Å². The van der Waals surface area contributed by atoms with Crippen LogP contribution in [0.1, 0.15) is 23.7 Å². The van der Waals surface area contributed by atoms with E-state index in [9.17, 15) is 10.1 Å². The number of benzene rings is 3. The first kappa shape index (κ1) is 24.3. The predicted octanol–water partition coefficient (Wildman–Crippen LogP) is 4.97. The van der Waals surface area contributed by atoms with Crippen LogP contribution in [0.5, 0.6) is 11.5 Å². The Morgan fingerprint density at radius 2 is 1.91 bits per heavy atom. The van der Waals surface area contributed by atoms with Gasteiger partial charge in [-0.3, -0.25) is 9.69 Å². The predicted molar refractivity (Wildman–Crippen MR) is 138 cm³/mol. The van der Waals surface area contributed by atoms with Crippen molar-refractivity contribution in [3.05, 3.63) is 83.9 Å². The molecule has 3 aromatic carbocycles. The number of likely N-dealkylation sites (N-methyl/N-ethyl adjacent to an activating group) is 2. The van der Waals surface area contributed by atoms with Crippen LogP contribution >= 0.6 is 12.4 Å². The molecule has 4 bridgehead atoms. The molecule has 0 spiro atoms. The number of amides is 1. The number of hydrogen-bond acceptors (Lipinski definition) is 5. The van der Waals surface area contributed by atoms with E-state index in [0.29, 0.717) is 30.2 Å². The Morgan fingerprint density at radius 1 is 1.09 bits per heavy atom. The van der Waals surface area contributed by atoms with Gasteiger partial charge in [-0.15, -0.1) is 12.4 Å². The minimum absolute atomic E-state index is 0. The molecule has 0 aliphatic carbocycles. The molecule has 1 amide bonds. The molecule has 2 heterocycles. The number of carbonyl (C=O) groups excluding carboxylic acids is 1. The number of ether oxygens (including phenoxy) is 1. The van der Waals surface area contributed by atoms with Gasteiger partial charge in [0.2, 0.25) is 5.91 Å². The monoisotopic (exact) mass is 487 g/mol. The summed E-state index contributed by atoms with van der Waals surface area (Å²) in [5, 5.41) is 11.6. The average Bonchev–Trinajstić information content (AvgIpc) is 3.28. The van der Waals surface area contributed by atoms with Gasteiger partial charge >= 0.3 is 0 Å². The number of imidazole rings is 1. The van der Waals surface area contributed by atoms with E-state index in [4.69, 9.17) is 4.74 Å². The number of nitrogens with zero attached hydrogens (tertiary/aromatic N) is 5. The van der Waals surface area contributed by atoms with E-state index in [2.05, 4.69) is 15.6 Å². The van der Waals surface area contributed by atoms with E-state index in [-0.39, 0.29) is 24.4 Å². The average molecular weight is 488 g/mol. The van der Waals surface area contributed by atoms with Crippen molar-refractivity contribution < 1.29 is 9.53 Å². The molecular formula is C27H26ClN5O2. The maximum atomic E-state index is 13.4. The number of halogens is 1. The van der Waals surface area contributed by atoms with E-state index in [1.165, 1.54) is 0 Å². The summed E-state index contributed by atoms with van der Waals surface area (Å²) in [6.07, 6.45) is 3.61. The molecule has 4 aromatic rings. The lowest BCUT2D eigenvalue weighted by molar-refractivity contribution is -0.122. The molecule has 7 nitrogen and oxygen atoms in total. The molecule has 1 aliphatic rings. The first-order chi connectivity index (χ1) is 16.4. The largest absolute Gasteiger partial charge is 0.456 e. The van der Waals surface area contributed by atoms with Crippen molar-refractivity contribution in [2.24, 2.45) is 0 Å². The van der Waals surface area contributed by atoms with Crippen LogP contribution in [0.15, 0.2) is 67.1 Å². The Morgan fingerprint density at radius 3 is 2.71 bits per heavy atom. The summed E-state index contributed by atoms with van der Waals surface area (Å²) in [5.74, 6) is 1.10. The van der Waals surface area contributed by atoms with Gasteiger partial charge in [0.1, 0.15) is 17.6 Å². The third kappa shape index (κ3) is 4.59. The number of nitriles is 1. The van der Waals surface area contributed by atoms with Gasteiger partial charge in [0.25, 0.3) is 0 Å². The van der Waals surface area contributed by atoms with Crippen molar-refractivity contribution in [3.63, 3.8) is 0 Å². The number of carbonyl (C=O) groups is 1. The van der Waals surface area contributed by atoms with Crippen LogP contribution in [0.3, 0.4) is 0 Å². The third-order valence-corrected chi connectivity index (χ3v) is 6.50. The number of fused-ring (bicyclic) bond motifs is 4. The number of rotatable bonds is 0. The molecule has 0 radical (unpaired) electrons. The summed E-state index contributed by atoms with van der Waals surface area (Å²) in [4.78, 5) is 21.5. The standard InChI is InChI=1S/C27H25N5O2.ClH/c1-18-27(33)31(3)25-6-4-5-20-9-10-23(12-24(20)25)34-26-11-19(7-8-21(26)13-28)15-32-17-29-14-22(32)16-30(18)2;/h4-12,14,17-18H,15-16H2,1-3H3;1H/t18-;/m0./s1. The van der Waals surface area contributed by atoms with Crippen molar-refractivity contribution in [2.45, 2.75) is 26.1 Å². The van der Waals surface area contributed by atoms with Crippen LogP contribution < -0.4 is 9.64 Å². The van der Waals surface area contributed by atoms with Crippen molar-refractivity contribution in [3.8, 4) is 17.6 Å². The molecule has 5 rings (SSSR count). The molecular weight excluding hydrogens is 462 g/mol. The van der Waals surface area contributed by atoms with E-state index in [0.717, 1.165) is 27.7 Å². The van der Waals surface area contributed by atoms with Gasteiger partial charge in [-0.2, -0.15) is 5.26 Å². The first-order valence-corrected chi connectivity index (χ1v) is 11.1. The zero-order valence-electron chi connectivity index (χ0n) is 19.8. The summed E-state index contributed by atoms with van der Waals surface area (Å²) in [7, 11) is 3.76. The van der Waals surface area contributed by atoms with Crippen LogP contribution in [0.25, 0.3) is 10.8 Å². The third-order valence-electron chi connectivity index (χ3n) is 6.50. The molecule has 8 heteroatoms. The van der Waals surface area contributed by atoms with Crippen molar-refractivity contribution >= 4 is 34.8 Å². The molecule has 0 unspecified atom stereocenters. The van der Waals surface area contributed by atoms with Gasteiger partial charge in [-0.25, -0.2) is 4.98 Å². The fourth-order valence-electron chi connectivity index (χ4n) is 4.36. The van der Waals surface area contributed by atoms with Gasteiger partial charge < -0.3 is 14.2 Å². The summed E-state index contributed by atoms with van der Waals surface area (Å²) in [6.45, 7) is 3.07. The Labute approximate surface area is 210 Å². The number of anilines is 1. The smallest absolute Gasteiger partial charge is 0.243 e. The quantitative estimate of drug-likeness (QED) is 0.350. The molecule has 1 atom stereocenters. The Kier molecular flexibility index (Phi) is 6.79. The Balaban J connectivity index is 0.00000289. The summed E-state index contributed by atoms with van der Waals surface area (Å²) < 4.78 is 8.26. The highest BCUT2D eigenvalue weighted by Crippen LogP contribution is 2.33. The highest BCUT2D eigenvalue weighted by atomic mass is 35.5. The molecule has 178 valence electrons. The van der Waals surface area contributed by atoms with Gasteiger partial charge in [-0.1, -0.05) is 24.3 Å². The van der Waals surface area contributed by atoms with Crippen LogP contribution in [0, 0.1) is 11.3 Å². The molecule has 0 fully saturated rings. The van der Waals surface area contributed by atoms with Gasteiger partial charge in [0.15, 0.2) is 0 Å². The van der Waals surface area contributed by atoms with Crippen LogP contribution in [0.2, 0.25) is 0 Å². The van der Waals surface area contributed by atoms with E-state index >= 15 is 0 Å². The molecule has 0 saturated heterocycles. The number of aromatic nitrogens is 2. The van der Waals surface area contributed by atoms with E-state index in [1.807, 2.05) is 73.6 Å². The maximum Gasteiger partial charge on any atom is 0.243 e. The normalized spacial score (nSPS) is 16.3. The lowest BCUT2D eigenvalue weighted by Crippen LogP contribution is -2.44. The molecule has 0 N–H and O–H groups in total. The highest BCUT2D eigenvalue weighted by Gasteiger charge is 2.25. The maximum absolute atomic E-state index is 13.4. The highest BCUT2D eigenvalue weighted by molar-refractivity contribution is 6.05. The molecule has 35 heavy (non-hydrogen) atoms. The second-order valence-corrected chi connectivity index (χ2v) is 8.71. The summed E-state index contributed by atoms with van der Waals surface area (Å²) >= 11 is 0. The fraction of sp³-hybridized carbons (Fsp3) is 0.222.